The second kappa shape index (κ2) is 7.65. The van der Waals surface area contributed by atoms with E-state index in [9.17, 15) is 22.8 Å². The van der Waals surface area contributed by atoms with Crippen molar-refractivity contribution >= 4 is 27.9 Å². The normalized spacial score (nSPS) is 21.0. The van der Waals surface area contributed by atoms with Gasteiger partial charge in [0.1, 0.15) is 0 Å². The number of carbonyl (C=O) groups is 3. The van der Waals surface area contributed by atoms with Crippen LogP contribution in [0.5, 0.6) is 0 Å². The molecule has 2 heterocycles. The van der Waals surface area contributed by atoms with Gasteiger partial charge in [0.15, 0.2) is 0 Å². The van der Waals surface area contributed by atoms with Gasteiger partial charge < -0.3 is 14.4 Å². The van der Waals surface area contributed by atoms with Gasteiger partial charge in [-0.2, -0.15) is 4.31 Å². The fourth-order valence-corrected chi connectivity index (χ4v) is 4.43. The summed E-state index contributed by atoms with van der Waals surface area (Å²) >= 11 is 0. The predicted octanol–water partition coefficient (Wildman–Crippen LogP) is 0.0117. The maximum Gasteiger partial charge on any atom is 0.347 e. The molecule has 3 rings (SSSR count). The fraction of sp³-hybridized carbons (Fsp3) is 0.471. The number of piperazine rings is 1. The van der Waals surface area contributed by atoms with Gasteiger partial charge in [0.25, 0.3) is 0 Å². The average molecular weight is 396 g/mol. The van der Waals surface area contributed by atoms with E-state index in [1.807, 2.05) is 0 Å². The molecule has 27 heavy (non-hydrogen) atoms. The molecule has 0 unspecified atom stereocenters. The molecule has 2 fully saturated rings. The minimum atomic E-state index is -3.81. The largest absolute Gasteiger partial charge is 0.463 e. The van der Waals surface area contributed by atoms with Crippen LogP contribution in [0.3, 0.4) is 0 Å². The Balaban J connectivity index is 1.73. The quantitative estimate of drug-likeness (QED) is 0.660. The van der Waals surface area contributed by atoms with E-state index in [0.717, 1.165) is 0 Å². The number of esters is 2. The topological polar surface area (TPSA) is 110 Å². The third kappa shape index (κ3) is 4.11. The van der Waals surface area contributed by atoms with Gasteiger partial charge in [-0.05, 0) is 18.2 Å². The van der Waals surface area contributed by atoms with Gasteiger partial charge in [-0.25, -0.2) is 18.0 Å². The molecule has 1 atom stereocenters. The van der Waals surface area contributed by atoms with Gasteiger partial charge in [0, 0.05) is 39.5 Å². The van der Waals surface area contributed by atoms with E-state index < -0.39 is 28.1 Å². The van der Waals surface area contributed by atoms with Gasteiger partial charge in [-0.1, -0.05) is 6.07 Å². The summed E-state index contributed by atoms with van der Waals surface area (Å²) < 4.78 is 36.8. The van der Waals surface area contributed by atoms with Crippen molar-refractivity contribution in [1.29, 1.82) is 0 Å². The van der Waals surface area contributed by atoms with Crippen molar-refractivity contribution < 1.29 is 32.3 Å². The van der Waals surface area contributed by atoms with Crippen LogP contribution in [-0.4, -0.2) is 74.4 Å². The SMILES string of the molecule is CC(=O)N1CCN(S(=O)(=O)c2cccc(C(=O)O[C@H]3CCOC3=O)c2)CC1. The van der Waals surface area contributed by atoms with E-state index in [1.165, 1.54) is 35.5 Å². The van der Waals surface area contributed by atoms with Crippen molar-refractivity contribution in [1.82, 2.24) is 9.21 Å². The van der Waals surface area contributed by atoms with Crippen LogP contribution in [0.4, 0.5) is 0 Å². The number of carbonyl (C=O) groups excluding carboxylic acids is 3. The number of rotatable bonds is 4. The lowest BCUT2D eigenvalue weighted by Gasteiger charge is -2.33. The molecule has 0 aliphatic carbocycles. The Morgan fingerprint density at radius 3 is 2.48 bits per heavy atom. The third-order valence-corrected chi connectivity index (χ3v) is 6.42. The number of ether oxygens (including phenoxy) is 2. The molecule has 1 aromatic carbocycles. The first-order valence-corrected chi connectivity index (χ1v) is 9.96. The van der Waals surface area contributed by atoms with Crippen LogP contribution in [0.1, 0.15) is 23.7 Å². The molecular formula is C17H20N2O7S. The minimum absolute atomic E-state index is 0.0396. The Labute approximate surface area is 156 Å². The van der Waals surface area contributed by atoms with Crippen LogP contribution in [0.15, 0.2) is 29.2 Å². The predicted molar refractivity (Wildman–Crippen MR) is 92.2 cm³/mol. The molecule has 0 spiro atoms. The van der Waals surface area contributed by atoms with Gasteiger partial charge in [0.05, 0.1) is 17.1 Å². The first kappa shape index (κ1) is 19.3. The van der Waals surface area contributed by atoms with Crippen molar-refractivity contribution in [3.05, 3.63) is 29.8 Å². The summed E-state index contributed by atoms with van der Waals surface area (Å²) in [4.78, 5) is 36.6. The number of cyclic esters (lactones) is 1. The van der Waals surface area contributed by atoms with Gasteiger partial charge in [-0.15, -0.1) is 0 Å². The summed E-state index contributed by atoms with van der Waals surface area (Å²) in [5, 5.41) is 0. The maximum atomic E-state index is 12.8. The Hall–Kier alpha value is -2.46. The molecule has 0 N–H and O–H groups in total. The lowest BCUT2D eigenvalue weighted by Crippen LogP contribution is -2.49. The smallest absolute Gasteiger partial charge is 0.347 e. The van der Waals surface area contributed by atoms with Crippen molar-refractivity contribution in [2.75, 3.05) is 32.8 Å². The first-order chi connectivity index (χ1) is 12.8. The lowest BCUT2D eigenvalue weighted by molar-refractivity contribution is -0.145. The minimum Gasteiger partial charge on any atom is -0.463 e. The zero-order valence-corrected chi connectivity index (χ0v) is 15.6. The van der Waals surface area contributed by atoms with Crippen molar-refractivity contribution in [3.8, 4) is 0 Å². The van der Waals surface area contributed by atoms with E-state index in [0.29, 0.717) is 13.1 Å². The molecule has 0 aromatic heterocycles. The Bertz CT molecular complexity index is 860. The van der Waals surface area contributed by atoms with E-state index in [1.54, 1.807) is 4.90 Å². The molecule has 2 aliphatic heterocycles. The van der Waals surface area contributed by atoms with Gasteiger partial charge in [-0.3, -0.25) is 4.79 Å². The lowest BCUT2D eigenvalue weighted by atomic mass is 10.2. The molecule has 0 bridgehead atoms. The number of amides is 1. The summed E-state index contributed by atoms with van der Waals surface area (Å²) in [6.45, 7) is 2.64. The highest BCUT2D eigenvalue weighted by Gasteiger charge is 2.32. The van der Waals surface area contributed by atoms with Crippen molar-refractivity contribution in [2.24, 2.45) is 0 Å². The summed E-state index contributed by atoms with van der Waals surface area (Å²) in [7, 11) is -3.81. The molecule has 0 radical (unpaired) electrons. The van der Waals surface area contributed by atoms with E-state index in [2.05, 4.69) is 0 Å². The Morgan fingerprint density at radius 2 is 1.89 bits per heavy atom. The van der Waals surface area contributed by atoms with Crippen LogP contribution in [-0.2, 0) is 29.1 Å². The third-order valence-electron chi connectivity index (χ3n) is 4.53. The molecule has 9 nitrogen and oxygen atoms in total. The second-order valence-corrected chi connectivity index (χ2v) is 8.23. The van der Waals surface area contributed by atoms with Crippen LogP contribution in [0.2, 0.25) is 0 Å². The van der Waals surface area contributed by atoms with Crippen molar-refractivity contribution in [3.63, 3.8) is 0 Å². The molecule has 0 saturated carbocycles. The van der Waals surface area contributed by atoms with E-state index >= 15 is 0 Å². The molecule has 2 saturated heterocycles. The number of sulfonamides is 1. The standard InChI is InChI=1S/C17H20N2O7S/c1-12(20)18-6-8-19(9-7-18)27(23,24)14-4-2-3-13(11-14)16(21)26-15-5-10-25-17(15)22/h2-4,11,15H,5-10H2,1H3/t15-/m0/s1. The molecule has 2 aliphatic rings. The van der Waals surface area contributed by atoms with Gasteiger partial charge >= 0.3 is 11.9 Å². The maximum absolute atomic E-state index is 12.8. The summed E-state index contributed by atoms with van der Waals surface area (Å²) in [5.41, 5.74) is 0.0400. The zero-order valence-electron chi connectivity index (χ0n) is 14.8. The summed E-state index contributed by atoms with van der Waals surface area (Å²) in [6.07, 6.45) is -0.680. The van der Waals surface area contributed by atoms with Crippen LogP contribution in [0.25, 0.3) is 0 Å². The molecular weight excluding hydrogens is 376 g/mol. The number of nitrogens with zero attached hydrogens (tertiary/aromatic N) is 2. The van der Waals surface area contributed by atoms with Crippen LogP contribution in [0, 0.1) is 0 Å². The first-order valence-electron chi connectivity index (χ1n) is 8.52. The molecule has 10 heteroatoms. The van der Waals surface area contributed by atoms with Crippen LogP contribution < -0.4 is 0 Å². The molecule has 1 aromatic rings. The zero-order chi connectivity index (χ0) is 19.6. The highest BCUT2D eigenvalue weighted by Crippen LogP contribution is 2.20. The Morgan fingerprint density at radius 1 is 1.19 bits per heavy atom. The monoisotopic (exact) mass is 396 g/mol. The molecule has 146 valence electrons. The summed E-state index contributed by atoms with van der Waals surface area (Å²) in [5.74, 6) is -1.48. The van der Waals surface area contributed by atoms with Gasteiger partial charge in [0.2, 0.25) is 22.0 Å². The highest BCUT2D eigenvalue weighted by molar-refractivity contribution is 7.89. The highest BCUT2D eigenvalue weighted by atomic mass is 32.2. The summed E-state index contributed by atoms with van der Waals surface area (Å²) in [6, 6.07) is 5.50. The second-order valence-electron chi connectivity index (χ2n) is 6.29. The van der Waals surface area contributed by atoms with Crippen molar-refractivity contribution in [2.45, 2.75) is 24.3 Å². The van der Waals surface area contributed by atoms with E-state index in [-0.39, 0.29) is 42.5 Å². The molecule has 1 amide bonds. The number of hydrogen-bond acceptors (Lipinski definition) is 7. The number of benzene rings is 1. The fourth-order valence-electron chi connectivity index (χ4n) is 2.96. The number of hydrogen-bond donors (Lipinski definition) is 0. The Kier molecular flexibility index (Phi) is 5.47. The van der Waals surface area contributed by atoms with Crippen LogP contribution >= 0.6 is 0 Å². The average Bonchev–Trinajstić information content (AvgIpc) is 3.06. The van der Waals surface area contributed by atoms with E-state index in [4.69, 9.17) is 9.47 Å².